The van der Waals surface area contributed by atoms with E-state index in [1.54, 1.807) is 7.11 Å². The summed E-state index contributed by atoms with van der Waals surface area (Å²) in [5.74, 6) is 2.65. The third kappa shape index (κ3) is 2.67. The van der Waals surface area contributed by atoms with Crippen molar-refractivity contribution in [2.24, 2.45) is 5.73 Å². The number of hydrogen-bond donors (Lipinski definition) is 1. The maximum atomic E-state index is 5.99. The Morgan fingerprint density at radius 2 is 2.00 bits per heavy atom. The van der Waals surface area contributed by atoms with Gasteiger partial charge in [-0.2, -0.15) is 5.10 Å². The van der Waals surface area contributed by atoms with Crippen molar-refractivity contribution in [2.75, 3.05) is 13.7 Å². The van der Waals surface area contributed by atoms with Gasteiger partial charge >= 0.3 is 0 Å². The summed E-state index contributed by atoms with van der Waals surface area (Å²) in [5, 5.41) is 4.59. The zero-order valence-electron chi connectivity index (χ0n) is 12.3. The Morgan fingerprint density at radius 1 is 1.25 bits per heavy atom. The second kappa shape index (κ2) is 6.52. The number of nitrogens with two attached hydrogens (primary N) is 1. The maximum Gasteiger partial charge on any atom is 0.150 e. The van der Waals surface area contributed by atoms with E-state index in [2.05, 4.69) is 23.9 Å². The first kappa shape index (κ1) is 14.5. The lowest BCUT2D eigenvalue weighted by Gasteiger charge is -2.20. The van der Waals surface area contributed by atoms with Crippen LogP contribution in [0.1, 0.15) is 37.1 Å². The summed E-state index contributed by atoms with van der Waals surface area (Å²) in [6.45, 7) is 4.59. The summed E-state index contributed by atoms with van der Waals surface area (Å²) in [6, 6.07) is 7.87. The van der Waals surface area contributed by atoms with Crippen LogP contribution in [0.4, 0.5) is 0 Å². The summed E-state index contributed by atoms with van der Waals surface area (Å²) >= 11 is 0. The fraction of sp³-hybridized carbons (Fsp3) is 0.467. The van der Waals surface area contributed by atoms with Gasteiger partial charge in [0.15, 0.2) is 5.82 Å². The van der Waals surface area contributed by atoms with Crippen LogP contribution in [0, 0.1) is 0 Å². The highest BCUT2D eigenvalue weighted by Crippen LogP contribution is 2.27. The number of nitrogens with zero attached hydrogens (tertiary/aromatic N) is 3. The minimum Gasteiger partial charge on any atom is -0.496 e. The highest BCUT2D eigenvalue weighted by atomic mass is 16.5. The molecule has 0 spiro atoms. The first-order chi connectivity index (χ1) is 9.74. The molecule has 20 heavy (non-hydrogen) atoms. The molecule has 0 bridgehead atoms. The normalized spacial score (nSPS) is 12.4. The molecule has 0 fully saturated rings. The maximum absolute atomic E-state index is 5.99. The van der Waals surface area contributed by atoms with Gasteiger partial charge in [-0.3, -0.25) is 0 Å². The van der Waals surface area contributed by atoms with Gasteiger partial charge in [-0.1, -0.05) is 32.0 Å². The van der Waals surface area contributed by atoms with Gasteiger partial charge in [0, 0.05) is 24.9 Å². The fourth-order valence-corrected chi connectivity index (χ4v) is 2.35. The van der Waals surface area contributed by atoms with E-state index in [-0.39, 0.29) is 6.04 Å². The molecule has 0 amide bonds. The molecule has 0 aliphatic carbocycles. The van der Waals surface area contributed by atoms with Gasteiger partial charge in [0.1, 0.15) is 11.6 Å². The lowest BCUT2D eigenvalue weighted by molar-refractivity contribution is 0.396. The number of benzene rings is 1. The highest BCUT2D eigenvalue weighted by molar-refractivity contribution is 5.36. The Bertz CT molecular complexity index is 565. The zero-order chi connectivity index (χ0) is 14.5. The summed E-state index contributed by atoms with van der Waals surface area (Å²) in [4.78, 5) is 4.55. The van der Waals surface area contributed by atoms with Gasteiger partial charge < -0.3 is 10.5 Å². The molecule has 1 aromatic heterocycles. The van der Waals surface area contributed by atoms with E-state index >= 15 is 0 Å². The standard InChI is InChI=1S/C15H22N4O/c1-4-14-17-15(5-2)19(18-14)12(10-16)11-8-6-7-9-13(11)20-3/h6-9,12H,4-5,10,16H2,1-3H3. The van der Waals surface area contributed by atoms with Crippen LogP contribution in [-0.2, 0) is 12.8 Å². The number of methoxy groups -OCH3 is 1. The second-order valence-electron chi connectivity index (χ2n) is 4.59. The van der Waals surface area contributed by atoms with Crippen molar-refractivity contribution in [2.45, 2.75) is 32.7 Å². The van der Waals surface area contributed by atoms with E-state index in [1.165, 1.54) is 0 Å². The molecule has 5 nitrogen and oxygen atoms in total. The Kier molecular flexibility index (Phi) is 4.74. The van der Waals surface area contributed by atoms with Crippen molar-refractivity contribution in [3.63, 3.8) is 0 Å². The van der Waals surface area contributed by atoms with Crippen molar-refractivity contribution in [3.8, 4) is 5.75 Å². The fourth-order valence-electron chi connectivity index (χ4n) is 2.35. The average molecular weight is 274 g/mol. The Labute approximate surface area is 119 Å². The topological polar surface area (TPSA) is 66.0 Å². The van der Waals surface area contributed by atoms with Crippen LogP contribution in [0.15, 0.2) is 24.3 Å². The summed E-state index contributed by atoms with van der Waals surface area (Å²) in [5.41, 5.74) is 7.03. The van der Waals surface area contributed by atoms with Gasteiger partial charge in [-0.25, -0.2) is 9.67 Å². The van der Waals surface area contributed by atoms with Crippen molar-refractivity contribution in [3.05, 3.63) is 41.5 Å². The highest BCUT2D eigenvalue weighted by Gasteiger charge is 2.20. The molecular formula is C15H22N4O. The second-order valence-corrected chi connectivity index (χ2v) is 4.59. The van der Waals surface area contributed by atoms with Crippen LogP contribution in [0.3, 0.4) is 0 Å². The quantitative estimate of drug-likeness (QED) is 0.874. The Balaban J connectivity index is 2.49. The van der Waals surface area contributed by atoms with Crippen molar-refractivity contribution in [1.82, 2.24) is 14.8 Å². The summed E-state index contributed by atoms with van der Waals surface area (Å²) in [7, 11) is 1.67. The van der Waals surface area contributed by atoms with Gasteiger partial charge in [-0.05, 0) is 6.07 Å². The van der Waals surface area contributed by atoms with Crippen LogP contribution < -0.4 is 10.5 Å². The lowest BCUT2D eigenvalue weighted by Crippen LogP contribution is -2.24. The molecule has 0 radical (unpaired) electrons. The van der Waals surface area contributed by atoms with E-state index in [0.717, 1.165) is 35.8 Å². The number of ether oxygens (including phenoxy) is 1. The molecule has 1 unspecified atom stereocenters. The van der Waals surface area contributed by atoms with Crippen molar-refractivity contribution in [1.29, 1.82) is 0 Å². The third-order valence-electron chi connectivity index (χ3n) is 3.39. The van der Waals surface area contributed by atoms with E-state index in [9.17, 15) is 0 Å². The van der Waals surface area contributed by atoms with Crippen LogP contribution in [0.25, 0.3) is 0 Å². The molecule has 1 aromatic carbocycles. The molecule has 2 rings (SSSR count). The average Bonchev–Trinajstić information content (AvgIpc) is 2.92. The summed E-state index contributed by atoms with van der Waals surface area (Å²) in [6.07, 6.45) is 1.65. The molecule has 5 heteroatoms. The molecule has 2 N–H and O–H groups in total. The first-order valence-corrected chi connectivity index (χ1v) is 7.02. The van der Waals surface area contributed by atoms with Gasteiger partial charge in [0.05, 0.1) is 13.2 Å². The largest absolute Gasteiger partial charge is 0.496 e. The number of para-hydroxylation sites is 1. The lowest BCUT2D eigenvalue weighted by atomic mass is 10.1. The molecule has 0 aliphatic rings. The zero-order valence-corrected chi connectivity index (χ0v) is 12.3. The van der Waals surface area contributed by atoms with E-state index < -0.39 is 0 Å². The van der Waals surface area contributed by atoms with E-state index in [0.29, 0.717) is 6.54 Å². The molecule has 2 aromatic rings. The summed E-state index contributed by atoms with van der Waals surface area (Å²) < 4.78 is 7.38. The minimum atomic E-state index is -0.0473. The molecule has 0 aliphatic heterocycles. The van der Waals surface area contributed by atoms with Gasteiger partial charge in [0.25, 0.3) is 0 Å². The Hall–Kier alpha value is -1.88. The SMILES string of the molecule is CCc1nc(CC)n(C(CN)c2ccccc2OC)n1. The molecule has 0 saturated carbocycles. The molecule has 1 heterocycles. The van der Waals surface area contributed by atoms with Crippen molar-refractivity contribution < 1.29 is 4.74 Å². The number of rotatable bonds is 6. The molecule has 1 atom stereocenters. The first-order valence-electron chi connectivity index (χ1n) is 7.02. The number of aromatic nitrogens is 3. The Morgan fingerprint density at radius 3 is 2.60 bits per heavy atom. The number of hydrogen-bond acceptors (Lipinski definition) is 4. The van der Waals surface area contributed by atoms with Crippen molar-refractivity contribution >= 4 is 0 Å². The van der Waals surface area contributed by atoms with Crippen LogP contribution in [0.2, 0.25) is 0 Å². The van der Waals surface area contributed by atoms with Crippen LogP contribution in [0.5, 0.6) is 5.75 Å². The van der Waals surface area contributed by atoms with Gasteiger partial charge in [0.2, 0.25) is 0 Å². The number of aryl methyl sites for hydroxylation is 2. The molecule has 0 saturated heterocycles. The van der Waals surface area contributed by atoms with Crippen LogP contribution >= 0.6 is 0 Å². The van der Waals surface area contributed by atoms with E-state index in [1.807, 2.05) is 28.9 Å². The molecule has 108 valence electrons. The predicted octanol–water partition coefficient (Wildman–Crippen LogP) is 1.96. The van der Waals surface area contributed by atoms with Crippen LogP contribution in [-0.4, -0.2) is 28.4 Å². The third-order valence-corrected chi connectivity index (χ3v) is 3.39. The smallest absolute Gasteiger partial charge is 0.150 e. The predicted molar refractivity (Wildman–Crippen MR) is 79.0 cm³/mol. The van der Waals surface area contributed by atoms with E-state index in [4.69, 9.17) is 10.5 Å². The monoisotopic (exact) mass is 274 g/mol. The minimum absolute atomic E-state index is 0.0473. The van der Waals surface area contributed by atoms with Gasteiger partial charge in [-0.15, -0.1) is 0 Å². The molecular weight excluding hydrogens is 252 g/mol.